The van der Waals surface area contributed by atoms with E-state index in [0.717, 1.165) is 206 Å². The van der Waals surface area contributed by atoms with Crippen LogP contribution in [0, 0.1) is 0 Å². The quantitative estimate of drug-likeness (QED) is 0.127. The van der Waals surface area contributed by atoms with Crippen molar-refractivity contribution in [2.45, 2.75) is 19.3 Å². The van der Waals surface area contributed by atoms with Gasteiger partial charge in [0.25, 0.3) is 0 Å². The van der Waals surface area contributed by atoms with Crippen LogP contribution in [-0.2, 0) is 5.41 Å². The number of rotatable bonds is 11. The van der Waals surface area contributed by atoms with Gasteiger partial charge in [-0.2, -0.15) is 0 Å². The van der Waals surface area contributed by atoms with Crippen LogP contribution in [0.1, 0.15) is 25.0 Å². The minimum atomic E-state index is -0.123. The summed E-state index contributed by atoms with van der Waals surface area (Å²) in [4.78, 5) is 16.0. The number of furan rings is 4. The highest BCUT2D eigenvalue weighted by Gasteiger charge is 2.39. The molecule has 149 heavy (non-hydrogen) atoms. The molecule has 11 nitrogen and oxygen atoms in total. The van der Waals surface area contributed by atoms with Crippen LogP contribution in [0.15, 0.2) is 509 Å². The lowest BCUT2D eigenvalue weighted by Crippen LogP contribution is -2.15. The van der Waals surface area contributed by atoms with Gasteiger partial charge in [0.1, 0.15) is 44.7 Å². The molecule has 0 atom stereocenters. The molecule has 0 spiro atoms. The second-order valence-electron chi connectivity index (χ2n) is 39.5. The highest BCUT2D eigenvalue weighted by molar-refractivity contribution is 6.27. The molecule has 0 fully saturated rings. The largest absolute Gasteiger partial charge is 0.456 e. The summed E-state index contributed by atoms with van der Waals surface area (Å²) in [7, 11) is 0. The van der Waals surface area contributed by atoms with E-state index in [0.29, 0.717) is 0 Å². The fourth-order valence-corrected chi connectivity index (χ4v) is 24.0. The highest BCUT2D eigenvalue weighted by Crippen LogP contribution is 2.55. The van der Waals surface area contributed by atoms with Crippen molar-refractivity contribution < 1.29 is 17.7 Å². The summed E-state index contributed by atoms with van der Waals surface area (Å²) in [6, 6.07) is 174. The van der Waals surface area contributed by atoms with Gasteiger partial charge in [0, 0.05) is 131 Å². The van der Waals surface area contributed by atoms with Gasteiger partial charge < -0.3 is 35.9 Å². The molecular formula is C138H87N7O4. The molecule has 0 radical (unpaired) electrons. The predicted molar refractivity (Wildman–Crippen MR) is 615 cm³/mol. The first kappa shape index (κ1) is 84.9. The molecule has 698 valence electrons. The summed E-state index contributed by atoms with van der Waals surface area (Å²) in [5.74, 6) is 0. The Balaban J connectivity index is 0.000000103. The molecule has 32 rings (SSSR count). The third kappa shape index (κ3) is 13.6. The van der Waals surface area contributed by atoms with Gasteiger partial charge in [-0.15, -0.1) is 0 Å². The zero-order valence-corrected chi connectivity index (χ0v) is 81.0. The normalized spacial score (nSPS) is 12.4. The third-order valence-corrected chi connectivity index (χ3v) is 30.7. The van der Waals surface area contributed by atoms with E-state index in [1.807, 2.05) is 60.7 Å². The Morgan fingerprint density at radius 3 is 1.15 bits per heavy atom. The van der Waals surface area contributed by atoms with E-state index in [1.165, 1.54) is 93.2 Å². The Kier molecular flexibility index (Phi) is 19.2. The molecule has 20 aromatic carbocycles. The molecule has 0 N–H and O–H groups in total. The topological polar surface area (TPSA) is 111 Å². The van der Waals surface area contributed by atoms with Gasteiger partial charge in [-0.05, 0) is 191 Å². The van der Waals surface area contributed by atoms with Crippen molar-refractivity contribution in [3.8, 4) is 113 Å². The maximum absolute atomic E-state index is 6.35. The zero-order valence-electron chi connectivity index (χ0n) is 81.0. The number of hydrogen-bond donors (Lipinski definition) is 0. The van der Waals surface area contributed by atoms with Gasteiger partial charge in [0.15, 0.2) is 0 Å². The van der Waals surface area contributed by atoms with E-state index < -0.39 is 0 Å². The number of hydrogen-bond acceptors (Lipinski definition) is 7. The fourth-order valence-electron chi connectivity index (χ4n) is 24.0. The first-order valence-corrected chi connectivity index (χ1v) is 50.7. The molecule has 11 heteroatoms. The van der Waals surface area contributed by atoms with Crippen LogP contribution in [-0.4, -0.2) is 33.2 Å². The average Bonchev–Trinajstić information content (AvgIpc) is 1.54. The summed E-state index contributed by atoms with van der Waals surface area (Å²) in [6.07, 6.45) is 0. The number of fused-ring (bicyclic) bond motifs is 29. The van der Waals surface area contributed by atoms with E-state index in [9.17, 15) is 0 Å². The summed E-state index contributed by atoms with van der Waals surface area (Å²) >= 11 is 0. The number of pyridine rings is 3. The summed E-state index contributed by atoms with van der Waals surface area (Å²) < 4.78 is 34.8. The van der Waals surface area contributed by atoms with Gasteiger partial charge in [-0.1, -0.05) is 347 Å². The van der Waals surface area contributed by atoms with Crippen molar-refractivity contribution in [3.63, 3.8) is 0 Å². The lowest BCUT2D eigenvalue weighted by molar-refractivity contribution is 0.666. The maximum Gasteiger partial charge on any atom is 0.136 e. The van der Waals surface area contributed by atoms with Crippen LogP contribution in [0.5, 0.6) is 0 Å². The van der Waals surface area contributed by atoms with Crippen molar-refractivity contribution in [1.82, 2.24) is 33.2 Å². The molecule has 0 aliphatic heterocycles. The van der Waals surface area contributed by atoms with Gasteiger partial charge in [-0.3, -0.25) is 0 Å². The van der Waals surface area contributed by atoms with Crippen LogP contribution in [0.3, 0.4) is 0 Å². The predicted octanol–water partition coefficient (Wildman–Crippen LogP) is 37.2. The number of nitrogens with zero attached hydrogens (tertiary/aromatic N) is 7. The smallest absolute Gasteiger partial charge is 0.136 e. The molecule has 0 bridgehead atoms. The van der Waals surface area contributed by atoms with E-state index in [4.69, 9.17) is 32.6 Å². The SMILES string of the molecule is CC1(C)c2ccccc2-c2ccc3c(c21)c1ccccc1n3-c1cc(-c2ccccc2)nc(-c2ccc3oc4ccccc4c3c2)c1.c1ccc(-c2cc(-n3c4ccccc4c4c3ccc3c5ccccc5n(-c5ccccc5)c34)cc(-c3cccc4oc5ccccc5c34)n2)cc1.c1ccc(-c2ccc(-c3cc(-n4c5ccccc5c5cc6oc7ccccc7c6cc54)cc(-c4ccc5c(c4)oc4ccccc45)n3)cc2)cc1. The molecule has 1 aliphatic carbocycles. The van der Waals surface area contributed by atoms with Crippen LogP contribution < -0.4 is 0 Å². The van der Waals surface area contributed by atoms with Crippen molar-refractivity contribution in [2.75, 3.05) is 0 Å². The molecule has 1 aliphatic rings. The lowest BCUT2D eigenvalue weighted by Gasteiger charge is -2.22. The molecule has 0 saturated carbocycles. The average molecular weight is 1910 g/mol. The lowest BCUT2D eigenvalue weighted by atomic mass is 9.80. The Morgan fingerprint density at radius 1 is 0.174 bits per heavy atom. The Morgan fingerprint density at radius 2 is 0.537 bits per heavy atom. The van der Waals surface area contributed by atoms with Gasteiger partial charge in [0.05, 0.1) is 95.4 Å². The van der Waals surface area contributed by atoms with Crippen LogP contribution in [0.2, 0.25) is 0 Å². The minimum absolute atomic E-state index is 0.123. The van der Waals surface area contributed by atoms with E-state index >= 15 is 0 Å². The van der Waals surface area contributed by atoms with Crippen LogP contribution in [0.25, 0.3) is 288 Å². The van der Waals surface area contributed by atoms with Gasteiger partial charge in [-0.25, -0.2) is 15.0 Å². The number of para-hydroxylation sites is 9. The van der Waals surface area contributed by atoms with E-state index in [1.54, 1.807) is 0 Å². The van der Waals surface area contributed by atoms with Gasteiger partial charge >= 0.3 is 0 Å². The standard InChI is InChI=1S/C47H29N3O.C47H28N2O2.C44H30N2O/c1-3-14-30(15-4-1)38-28-32(29-39(48-38)35-21-13-25-44-45(35)37-20-9-12-24-43(37)51-44)49-41-23-11-8-19-36(41)46-42(49)27-26-34-33-18-7-10-22-40(33)50(47(34)46)31-16-5-2-6-17-31;1-2-10-29(11-3-1)30-18-20-31(21-19-30)40-25-33(26-41(48-40)32-22-23-37-35-13-5-8-16-44(35)50-46(37)24-32)49-42-15-7-4-12-34(42)38-28-47-39(27-43(38)49)36-14-6-9-17-45(36)51-47;1-44(2)35-17-9-6-14-30(35)32-21-22-39-42(43(32)44)33-16-7-10-18-38(33)46(39)29-25-36(27-12-4-3-5-13-27)45-37(26-29)28-20-23-41-34(24-28)31-15-8-11-19-40(31)47-41/h1-29H;1-28H;3-26H,1-2H3. The minimum Gasteiger partial charge on any atom is -0.456 e. The Labute approximate surface area is 854 Å². The zero-order chi connectivity index (χ0) is 98.2. The van der Waals surface area contributed by atoms with E-state index in [2.05, 4.69) is 463 Å². The van der Waals surface area contributed by atoms with E-state index in [-0.39, 0.29) is 5.41 Å². The second kappa shape index (κ2) is 33.7. The Bertz CT molecular complexity index is 10900. The van der Waals surface area contributed by atoms with Crippen molar-refractivity contribution in [3.05, 3.63) is 503 Å². The van der Waals surface area contributed by atoms with Crippen LogP contribution in [0.4, 0.5) is 0 Å². The number of benzene rings is 20. The summed E-state index contributed by atoms with van der Waals surface area (Å²) in [5, 5.41) is 18.6. The van der Waals surface area contributed by atoms with Crippen LogP contribution >= 0.6 is 0 Å². The summed E-state index contributed by atoms with van der Waals surface area (Å²) in [6.45, 7) is 4.74. The molecule has 11 aromatic heterocycles. The molecule has 11 heterocycles. The Hall–Kier alpha value is -19.8. The molecule has 0 unspecified atom stereocenters. The first-order valence-electron chi connectivity index (χ1n) is 50.7. The molecule has 0 saturated heterocycles. The second-order valence-corrected chi connectivity index (χ2v) is 39.5. The maximum atomic E-state index is 6.35. The molecule has 0 amide bonds. The van der Waals surface area contributed by atoms with Crippen molar-refractivity contribution >= 4 is 175 Å². The molecular weight excluding hydrogens is 1820 g/mol. The van der Waals surface area contributed by atoms with Gasteiger partial charge in [0.2, 0.25) is 0 Å². The fraction of sp³-hybridized carbons (Fsp3) is 0.0217. The van der Waals surface area contributed by atoms with Crippen molar-refractivity contribution in [1.29, 1.82) is 0 Å². The van der Waals surface area contributed by atoms with Crippen molar-refractivity contribution in [2.24, 2.45) is 0 Å². The highest BCUT2D eigenvalue weighted by atomic mass is 16.3. The summed E-state index contributed by atoms with van der Waals surface area (Å²) in [5.41, 5.74) is 40.1. The first-order chi connectivity index (χ1) is 73.6. The third-order valence-electron chi connectivity index (χ3n) is 30.7. The number of aromatic nitrogens is 7. The molecule has 31 aromatic rings. The monoisotopic (exact) mass is 1910 g/mol.